The Bertz CT molecular complexity index is 230. The molecule has 0 aliphatic rings. The van der Waals surface area contributed by atoms with Crippen LogP contribution >= 0.6 is 0 Å². The van der Waals surface area contributed by atoms with Crippen LogP contribution in [0.15, 0.2) is 0 Å². The molecule has 0 spiro atoms. The van der Waals surface area contributed by atoms with Crippen molar-refractivity contribution in [3.8, 4) is 0 Å². The van der Waals surface area contributed by atoms with Gasteiger partial charge in [-0.2, -0.15) is 0 Å². The molecule has 0 aromatic heterocycles. The third kappa shape index (κ3) is 5.52. The second-order valence-electron chi connectivity index (χ2n) is 4.53. The lowest BCUT2D eigenvalue weighted by molar-refractivity contribution is -0.146. The SMILES string of the molecule is CCC(CCO)C(=N)C(=O)OC(C)(C)C. The molecule has 0 aliphatic carbocycles. The highest BCUT2D eigenvalue weighted by Gasteiger charge is 2.24. The minimum Gasteiger partial charge on any atom is -0.455 e. The number of aliphatic hydroxyl groups excluding tert-OH is 1. The van der Waals surface area contributed by atoms with E-state index in [1.807, 2.05) is 6.92 Å². The summed E-state index contributed by atoms with van der Waals surface area (Å²) in [4.78, 5) is 11.5. The van der Waals surface area contributed by atoms with Crippen molar-refractivity contribution in [3.63, 3.8) is 0 Å². The minimum absolute atomic E-state index is 0.0102. The van der Waals surface area contributed by atoms with E-state index in [1.165, 1.54) is 0 Å². The molecule has 0 heterocycles. The topological polar surface area (TPSA) is 70.4 Å². The standard InChI is InChI=1S/C11H21NO3/c1-5-8(6-7-13)9(12)10(14)15-11(2,3)4/h8,12-13H,5-7H2,1-4H3. The zero-order chi connectivity index (χ0) is 12.1. The van der Waals surface area contributed by atoms with E-state index in [0.717, 1.165) is 0 Å². The van der Waals surface area contributed by atoms with Crippen molar-refractivity contribution in [1.29, 1.82) is 5.41 Å². The molecular weight excluding hydrogens is 194 g/mol. The van der Waals surface area contributed by atoms with Gasteiger partial charge in [-0.1, -0.05) is 6.92 Å². The lowest BCUT2D eigenvalue weighted by Gasteiger charge is -2.22. The van der Waals surface area contributed by atoms with Crippen molar-refractivity contribution in [1.82, 2.24) is 0 Å². The first kappa shape index (κ1) is 14.1. The number of esters is 1. The summed E-state index contributed by atoms with van der Waals surface area (Å²) in [5.74, 6) is -0.785. The van der Waals surface area contributed by atoms with Gasteiger partial charge in [-0.25, -0.2) is 4.79 Å². The van der Waals surface area contributed by atoms with Crippen molar-refractivity contribution in [3.05, 3.63) is 0 Å². The summed E-state index contributed by atoms with van der Waals surface area (Å²) in [6.45, 7) is 7.18. The van der Waals surface area contributed by atoms with Crippen LogP contribution in [0.1, 0.15) is 40.5 Å². The van der Waals surface area contributed by atoms with E-state index in [4.69, 9.17) is 15.3 Å². The molecule has 0 amide bonds. The molecule has 0 fully saturated rings. The van der Waals surface area contributed by atoms with Gasteiger partial charge in [0.25, 0.3) is 0 Å². The van der Waals surface area contributed by atoms with Gasteiger partial charge in [0.2, 0.25) is 0 Å². The second-order valence-corrected chi connectivity index (χ2v) is 4.53. The van der Waals surface area contributed by atoms with Gasteiger partial charge in [-0.05, 0) is 33.6 Å². The van der Waals surface area contributed by atoms with Crippen LogP contribution in [0.4, 0.5) is 0 Å². The molecule has 2 N–H and O–H groups in total. The number of rotatable bonds is 5. The fraction of sp³-hybridized carbons (Fsp3) is 0.818. The first-order valence-corrected chi connectivity index (χ1v) is 5.24. The molecule has 15 heavy (non-hydrogen) atoms. The number of aliphatic hydroxyl groups is 1. The quantitative estimate of drug-likeness (QED) is 0.542. The summed E-state index contributed by atoms with van der Waals surface area (Å²) in [5, 5.41) is 16.4. The Morgan fingerprint density at radius 3 is 2.33 bits per heavy atom. The van der Waals surface area contributed by atoms with Crippen LogP contribution in [0.3, 0.4) is 0 Å². The highest BCUT2D eigenvalue weighted by atomic mass is 16.6. The number of carbonyl (C=O) groups is 1. The largest absolute Gasteiger partial charge is 0.455 e. The molecule has 1 atom stereocenters. The van der Waals surface area contributed by atoms with Crippen LogP contribution in [0.25, 0.3) is 0 Å². The van der Waals surface area contributed by atoms with E-state index in [0.29, 0.717) is 12.8 Å². The first-order valence-electron chi connectivity index (χ1n) is 5.24. The lowest BCUT2D eigenvalue weighted by atomic mass is 9.97. The van der Waals surface area contributed by atoms with E-state index in [1.54, 1.807) is 20.8 Å². The Morgan fingerprint density at radius 1 is 1.47 bits per heavy atom. The van der Waals surface area contributed by atoms with Gasteiger partial charge in [-0.15, -0.1) is 0 Å². The van der Waals surface area contributed by atoms with E-state index >= 15 is 0 Å². The Hall–Kier alpha value is -0.900. The van der Waals surface area contributed by atoms with E-state index in [-0.39, 0.29) is 18.2 Å². The molecule has 0 aliphatic heterocycles. The summed E-state index contributed by atoms with van der Waals surface area (Å²) in [7, 11) is 0. The predicted molar refractivity (Wildman–Crippen MR) is 59.1 cm³/mol. The molecule has 88 valence electrons. The Balaban J connectivity index is 4.36. The van der Waals surface area contributed by atoms with Crippen LogP contribution < -0.4 is 0 Å². The van der Waals surface area contributed by atoms with Crippen LogP contribution in [-0.4, -0.2) is 29.0 Å². The van der Waals surface area contributed by atoms with Gasteiger partial charge in [0.1, 0.15) is 11.3 Å². The third-order valence-corrected chi connectivity index (χ3v) is 2.00. The van der Waals surface area contributed by atoms with E-state index in [9.17, 15) is 4.79 Å². The predicted octanol–water partition coefficient (Wildman–Crippen LogP) is 1.76. The third-order valence-electron chi connectivity index (χ3n) is 2.00. The summed E-state index contributed by atoms with van der Waals surface area (Å²) >= 11 is 0. The van der Waals surface area contributed by atoms with Crippen LogP contribution in [0.5, 0.6) is 0 Å². The number of nitrogens with one attached hydrogen (secondary N) is 1. The average molecular weight is 215 g/mol. The van der Waals surface area contributed by atoms with Crippen molar-refractivity contribution in [2.45, 2.75) is 46.1 Å². The number of hydrogen-bond donors (Lipinski definition) is 2. The molecule has 0 radical (unpaired) electrons. The smallest absolute Gasteiger partial charge is 0.352 e. The van der Waals surface area contributed by atoms with Gasteiger partial charge in [0.05, 0.1) is 0 Å². The molecule has 4 heteroatoms. The Kier molecular flexibility index (Phi) is 5.50. The van der Waals surface area contributed by atoms with Crippen molar-refractivity contribution < 1.29 is 14.6 Å². The average Bonchev–Trinajstić information content (AvgIpc) is 2.10. The molecule has 0 bridgehead atoms. The first-order chi connectivity index (χ1) is 6.81. The van der Waals surface area contributed by atoms with Crippen molar-refractivity contribution in [2.75, 3.05) is 6.61 Å². The highest BCUT2D eigenvalue weighted by molar-refractivity contribution is 6.35. The zero-order valence-electron chi connectivity index (χ0n) is 9.96. The number of hydrogen-bond acceptors (Lipinski definition) is 4. The van der Waals surface area contributed by atoms with Gasteiger partial charge >= 0.3 is 5.97 Å². The monoisotopic (exact) mass is 215 g/mol. The molecule has 1 unspecified atom stereocenters. The van der Waals surface area contributed by atoms with Gasteiger partial charge in [0, 0.05) is 12.5 Å². The number of ether oxygens (including phenoxy) is 1. The van der Waals surface area contributed by atoms with Gasteiger partial charge < -0.3 is 9.84 Å². The number of carbonyl (C=O) groups excluding carboxylic acids is 1. The molecule has 0 rings (SSSR count). The van der Waals surface area contributed by atoms with Crippen molar-refractivity contribution >= 4 is 11.7 Å². The summed E-state index contributed by atoms with van der Waals surface area (Å²) < 4.78 is 5.08. The molecule has 4 nitrogen and oxygen atoms in total. The van der Waals surface area contributed by atoms with E-state index in [2.05, 4.69) is 0 Å². The van der Waals surface area contributed by atoms with Crippen molar-refractivity contribution in [2.24, 2.45) is 5.92 Å². The van der Waals surface area contributed by atoms with Crippen LogP contribution in [0, 0.1) is 11.3 Å². The summed E-state index contributed by atoms with van der Waals surface area (Å²) in [6.07, 6.45) is 1.10. The zero-order valence-corrected chi connectivity index (χ0v) is 9.96. The summed E-state index contributed by atoms with van der Waals surface area (Å²) in [6, 6.07) is 0. The maximum Gasteiger partial charge on any atom is 0.352 e. The minimum atomic E-state index is -0.581. The fourth-order valence-electron chi connectivity index (χ4n) is 1.21. The molecule has 0 aromatic rings. The lowest BCUT2D eigenvalue weighted by Crippen LogP contribution is -2.32. The maximum absolute atomic E-state index is 11.5. The normalized spacial score (nSPS) is 13.4. The second kappa shape index (κ2) is 5.85. The Morgan fingerprint density at radius 2 is 2.00 bits per heavy atom. The molecule has 0 aromatic carbocycles. The van der Waals surface area contributed by atoms with Crippen LogP contribution in [-0.2, 0) is 9.53 Å². The molecule has 0 saturated heterocycles. The summed E-state index contributed by atoms with van der Waals surface area (Å²) in [5.41, 5.74) is -0.609. The maximum atomic E-state index is 11.5. The fourth-order valence-corrected chi connectivity index (χ4v) is 1.21. The van der Waals surface area contributed by atoms with Gasteiger partial charge in [0.15, 0.2) is 0 Å². The van der Waals surface area contributed by atoms with Crippen LogP contribution in [0.2, 0.25) is 0 Å². The molecule has 0 saturated carbocycles. The molecular formula is C11H21NO3. The van der Waals surface area contributed by atoms with E-state index < -0.39 is 11.6 Å². The Labute approximate surface area is 91.1 Å². The highest BCUT2D eigenvalue weighted by Crippen LogP contribution is 2.14. The van der Waals surface area contributed by atoms with Gasteiger partial charge in [-0.3, -0.25) is 5.41 Å².